The van der Waals surface area contributed by atoms with Crippen molar-refractivity contribution in [1.82, 2.24) is 19.8 Å². The largest absolute Gasteiger partial charge is 0.213 e. The predicted molar refractivity (Wildman–Crippen MR) is 38.5 cm³/mol. The summed E-state index contributed by atoms with van der Waals surface area (Å²) in [5.74, 6) is 0. The fourth-order valence-corrected chi connectivity index (χ4v) is 0.981. The van der Waals surface area contributed by atoms with Crippen molar-refractivity contribution < 1.29 is 0 Å². The van der Waals surface area contributed by atoms with E-state index in [2.05, 4.69) is 31.1 Å². The number of aromatic nitrogens is 4. The Kier molecular flexibility index (Phi) is 1.17. The predicted octanol–water partition coefficient (Wildman–Crippen LogP) is 0.887. The van der Waals surface area contributed by atoms with Gasteiger partial charge in [-0.1, -0.05) is 0 Å². The van der Waals surface area contributed by atoms with Gasteiger partial charge in [0, 0.05) is 0 Å². The lowest BCUT2D eigenvalue weighted by molar-refractivity contribution is 0.788. The van der Waals surface area contributed by atoms with Crippen LogP contribution in [0.5, 0.6) is 0 Å². The fraction of sp³-hybridized carbons (Fsp3) is 0. The van der Waals surface area contributed by atoms with Gasteiger partial charge in [0.25, 0.3) is 0 Å². The smallest absolute Gasteiger partial charge is 0.176 e. The van der Waals surface area contributed by atoms with E-state index in [0.717, 1.165) is 10.3 Å². The molecule has 0 spiro atoms. The highest BCUT2D eigenvalue weighted by atomic mass is 79.9. The zero-order valence-electron chi connectivity index (χ0n) is 4.90. The summed E-state index contributed by atoms with van der Waals surface area (Å²) < 4.78 is 2.22. The Bertz CT molecular complexity index is 355. The third-order valence-corrected chi connectivity index (χ3v) is 1.54. The Morgan fingerprint density at radius 2 is 2.30 bits per heavy atom. The van der Waals surface area contributed by atoms with Gasteiger partial charge in [-0.15, -0.1) is 14.8 Å². The van der Waals surface area contributed by atoms with Gasteiger partial charge in [0.05, 0.1) is 0 Å². The van der Waals surface area contributed by atoms with Gasteiger partial charge in [-0.05, 0) is 28.1 Å². The van der Waals surface area contributed by atoms with E-state index in [0.29, 0.717) is 0 Å². The molecule has 0 aliphatic carbocycles. The summed E-state index contributed by atoms with van der Waals surface area (Å²) in [6.45, 7) is 0. The fourth-order valence-electron chi connectivity index (χ4n) is 0.699. The highest BCUT2D eigenvalue weighted by Gasteiger charge is 1.94. The van der Waals surface area contributed by atoms with E-state index < -0.39 is 0 Å². The molecule has 0 unspecified atom stereocenters. The molecule has 0 atom stereocenters. The number of hydrogen-bond acceptors (Lipinski definition) is 3. The summed E-state index contributed by atoms with van der Waals surface area (Å²) in [5.41, 5.74) is 0.753. The first kappa shape index (κ1) is 5.79. The second-order valence-electron chi connectivity index (χ2n) is 1.76. The molecule has 0 aromatic carbocycles. The number of halogens is 1. The summed E-state index contributed by atoms with van der Waals surface area (Å²) in [6, 6.07) is 3.66. The Hall–Kier alpha value is -0.970. The zero-order valence-corrected chi connectivity index (χ0v) is 6.48. The molecule has 0 aliphatic rings. The van der Waals surface area contributed by atoms with Crippen molar-refractivity contribution in [3.8, 4) is 0 Å². The molecule has 0 fully saturated rings. The first-order valence-corrected chi connectivity index (χ1v) is 3.48. The van der Waals surface area contributed by atoms with Crippen LogP contribution in [-0.2, 0) is 0 Å². The monoisotopic (exact) mass is 198 g/mol. The Morgan fingerprint density at radius 1 is 1.40 bits per heavy atom. The highest BCUT2D eigenvalue weighted by molar-refractivity contribution is 9.10. The first-order valence-electron chi connectivity index (χ1n) is 2.69. The van der Waals surface area contributed by atoms with Crippen LogP contribution in [0.25, 0.3) is 5.65 Å². The minimum Gasteiger partial charge on any atom is -0.213 e. The van der Waals surface area contributed by atoms with E-state index in [9.17, 15) is 0 Å². The molecule has 10 heavy (non-hydrogen) atoms. The van der Waals surface area contributed by atoms with Crippen molar-refractivity contribution in [2.45, 2.75) is 0 Å². The van der Waals surface area contributed by atoms with E-state index in [1.54, 1.807) is 0 Å². The molecule has 0 radical (unpaired) electrons. The molecule has 0 amide bonds. The number of rotatable bonds is 0. The van der Waals surface area contributed by atoms with Crippen LogP contribution in [0.3, 0.4) is 0 Å². The number of hydrogen-bond donors (Lipinski definition) is 0. The van der Waals surface area contributed by atoms with Crippen molar-refractivity contribution in [3.05, 3.63) is 23.1 Å². The summed E-state index contributed by atoms with van der Waals surface area (Å²) in [5, 5.41) is 7.84. The maximum atomic E-state index is 4.00. The SMILES string of the molecule is Brc1ccc2ncnn2n1. The normalized spacial score (nSPS) is 10.5. The molecule has 0 aliphatic heterocycles. The average molecular weight is 199 g/mol. The van der Waals surface area contributed by atoms with Crippen LogP contribution < -0.4 is 0 Å². The maximum Gasteiger partial charge on any atom is 0.176 e. The molecule has 0 N–H and O–H groups in total. The van der Waals surface area contributed by atoms with Gasteiger partial charge in [0.2, 0.25) is 0 Å². The first-order chi connectivity index (χ1) is 4.86. The molecule has 0 saturated carbocycles. The lowest BCUT2D eigenvalue weighted by atomic mass is 10.6. The topological polar surface area (TPSA) is 43.1 Å². The van der Waals surface area contributed by atoms with E-state index >= 15 is 0 Å². The molecule has 5 heteroatoms. The van der Waals surface area contributed by atoms with Gasteiger partial charge >= 0.3 is 0 Å². The van der Waals surface area contributed by atoms with Gasteiger partial charge in [-0.25, -0.2) is 4.98 Å². The molecule has 2 rings (SSSR count). The van der Waals surface area contributed by atoms with Crippen LogP contribution in [0.2, 0.25) is 0 Å². The van der Waals surface area contributed by atoms with Crippen molar-refractivity contribution in [3.63, 3.8) is 0 Å². The highest BCUT2D eigenvalue weighted by Crippen LogP contribution is 2.04. The second-order valence-corrected chi connectivity index (χ2v) is 2.58. The van der Waals surface area contributed by atoms with Crippen molar-refractivity contribution >= 4 is 21.6 Å². The summed E-state index contributed by atoms with van der Waals surface area (Å²) in [7, 11) is 0. The molecule has 2 heterocycles. The number of fused-ring (bicyclic) bond motifs is 1. The Morgan fingerprint density at radius 3 is 3.20 bits per heavy atom. The van der Waals surface area contributed by atoms with E-state index in [4.69, 9.17) is 0 Å². The third-order valence-electron chi connectivity index (χ3n) is 1.12. The quantitative estimate of drug-likeness (QED) is 0.632. The van der Waals surface area contributed by atoms with E-state index in [1.807, 2.05) is 12.1 Å². The van der Waals surface area contributed by atoms with Crippen molar-refractivity contribution in [2.75, 3.05) is 0 Å². The van der Waals surface area contributed by atoms with Crippen LogP contribution in [0.4, 0.5) is 0 Å². The van der Waals surface area contributed by atoms with Gasteiger partial charge in [0.1, 0.15) is 10.9 Å². The second kappa shape index (κ2) is 2.02. The molecular weight excluding hydrogens is 196 g/mol. The van der Waals surface area contributed by atoms with Crippen molar-refractivity contribution in [1.29, 1.82) is 0 Å². The van der Waals surface area contributed by atoms with Crippen LogP contribution in [0.1, 0.15) is 0 Å². The van der Waals surface area contributed by atoms with Crippen LogP contribution >= 0.6 is 15.9 Å². The van der Waals surface area contributed by atoms with Crippen LogP contribution in [0.15, 0.2) is 23.1 Å². The maximum absolute atomic E-state index is 4.00. The molecule has 2 aromatic rings. The van der Waals surface area contributed by atoms with Gasteiger partial charge in [-0.3, -0.25) is 0 Å². The van der Waals surface area contributed by atoms with Gasteiger partial charge < -0.3 is 0 Å². The van der Waals surface area contributed by atoms with Crippen LogP contribution in [0, 0.1) is 0 Å². The third kappa shape index (κ3) is 0.786. The molecule has 2 aromatic heterocycles. The van der Waals surface area contributed by atoms with E-state index in [1.165, 1.54) is 11.0 Å². The standard InChI is InChI=1S/C5H3BrN4/c6-4-1-2-5-7-3-8-10(5)9-4/h1-3H. The lowest BCUT2D eigenvalue weighted by Gasteiger charge is -1.88. The average Bonchev–Trinajstić information content (AvgIpc) is 2.33. The molecule has 50 valence electrons. The number of nitrogens with zero attached hydrogens (tertiary/aromatic N) is 4. The molecule has 0 saturated heterocycles. The minimum atomic E-state index is 0.753. The van der Waals surface area contributed by atoms with Gasteiger partial charge in [-0.2, -0.15) is 0 Å². The molecular formula is C5H3BrN4. The summed E-state index contributed by atoms with van der Waals surface area (Å²) in [6.07, 6.45) is 1.47. The summed E-state index contributed by atoms with van der Waals surface area (Å²) >= 11 is 3.22. The Labute approximate surface area is 65.0 Å². The molecule has 0 bridgehead atoms. The summed E-state index contributed by atoms with van der Waals surface area (Å²) in [4.78, 5) is 3.93. The van der Waals surface area contributed by atoms with Gasteiger partial charge in [0.15, 0.2) is 5.65 Å². The van der Waals surface area contributed by atoms with Crippen LogP contribution in [-0.4, -0.2) is 19.8 Å². The Balaban J connectivity index is 2.86. The van der Waals surface area contributed by atoms with Crippen molar-refractivity contribution in [2.24, 2.45) is 0 Å². The van der Waals surface area contributed by atoms with E-state index in [-0.39, 0.29) is 0 Å². The lowest BCUT2D eigenvalue weighted by Crippen LogP contribution is -1.92. The molecule has 4 nitrogen and oxygen atoms in total. The zero-order chi connectivity index (χ0) is 6.97. The minimum absolute atomic E-state index is 0.753.